The van der Waals surface area contributed by atoms with Gasteiger partial charge in [0, 0.05) is 23.5 Å². The molecule has 9 heteroatoms. The summed E-state index contributed by atoms with van der Waals surface area (Å²) in [6, 6.07) is 7.19. The topological polar surface area (TPSA) is 137 Å². The van der Waals surface area contributed by atoms with Crippen LogP contribution in [0.3, 0.4) is 0 Å². The summed E-state index contributed by atoms with van der Waals surface area (Å²) < 4.78 is 0. The van der Waals surface area contributed by atoms with Crippen LogP contribution in [0.15, 0.2) is 29.4 Å². The first-order chi connectivity index (χ1) is 10.4. The number of carbonyl (C=O) groups excluding carboxylic acids is 2. The van der Waals surface area contributed by atoms with E-state index in [1.54, 1.807) is 6.07 Å². The van der Waals surface area contributed by atoms with E-state index in [9.17, 15) is 19.7 Å². The zero-order valence-electron chi connectivity index (χ0n) is 11.7. The van der Waals surface area contributed by atoms with E-state index in [1.165, 1.54) is 31.2 Å². The Labute approximate surface area is 125 Å². The molecule has 0 heterocycles. The first-order valence-corrected chi connectivity index (χ1v) is 6.15. The average Bonchev–Trinajstić information content (AvgIpc) is 2.45. The maximum atomic E-state index is 11.7. The molecule has 1 aromatic carbocycles. The van der Waals surface area contributed by atoms with Crippen LogP contribution in [0.25, 0.3) is 0 Å². The molecule has 2 amide bonds. The van der Waals surface area contributed by atoms with E-state index in [0.29, 0.717) is 11.4 Å². The number of anilines is 1. The Morgan fingerprint density at radius 2 is 2.14 bits per heavy atom. The Kier molecular flexibility index (Phi) is 6.18. The van der Waals surface area contributed by atoms with Crippen molar-refractivity contribution in [3.05, 3.63) is 34.4 Å². The van der Waals surface area contributed by atoms with Crippen LogP contribution in [0, 0.1) is 21.4 Å². The van der Waals surface area contributed by atoms with Crippen molar-refractivity contribution < 1.29 is 14.5 Å². The van der Waals surface area contributed by atoms with Gasteiger partial charge in [0.25, 0.3) is 11.6 Å². The monoisotopic (exact) mass is 303 g/mol. The number of rotatable bonds is 6. The maximum Gasteiger partial charge on any atom is 0.271 e. The summed E-state index contributed by atoms with van der Waals surface area (Å²) in [5.41, 5.74) is 2.62. The van der Waals surface area contributed by atoms with E-state index in [2.05, 4.69) is 15.8 Å². The molecule has 0 saturated heterocycles. The van der Waals surface area contributed by atoms with Crippen molar-refractivity contribution in [1.29, 1.82) is 5.26 Å². The highest BCUT2D eigenvalue weighted by Crippen LogP contribution is 2.17. The Morgan fingerprint density at radius 3 is 2.77 bits per heavy atom. The lowest BCUT2D eigenvalue weighted by Gasteiger charge is -2.05. The van der Waals surface area contributed by atoms with Gasteiger partial charge in [-0.3, -0.25) is 19.7 Å². The SMILES string of the molecule is C/C(CC(=O)Nc1cccc([N+](=O)[O-])c1)=N\NC(=O)CC#N. The summed E-state index contributed by atoms with van der Waals surface area (Å²) in [6.45, 7) is 1.53. The molecule has 0 bridgehead atoms. The van der Waals surface area contributed by atoms with Crippen LogP contribution in [0.2, 0.25) is 0 Å². The number of nitriles is 1. The fourth-order valence-electron chi connectivity index (χ4n) is 1.44. The Balaban J connectivity index is 2.57. The number of nitrogens with one attached hydrogen (secondary N) is 2. The van der Waals surface area contributed by atoms with Gasteiger partial charge in [0.05, 0.1) is 17.4 Å². The minimum Gasteiger partial charge on any atom is -0.326 e. The number of nitrogens with zero attached hydrogens (tertiary/aromatic N) is 3. The van der Waals surface area contributed by atoms with E-state index in [0.717, 1.165) is 0 Å². The Hall–Kier alpha value is -3.28. The van der Waals surface area contributed by atoms with Gasteiger partial charge < -0.3 is 5.32 Å². The van der Waals surface area contributed by atoms with Gasteiger partial charge in [-0.2, -0.15) is 10.4 Å². The largest absolute Gasteiger partial charge is 0.326 e. The second kappa shape index (κ2) is 8.11. The molecule has 0 radical (unpaired) electrons. The van der Waals surface area contributed by atoms with Gasteiger partial charge in [-0.25, -0.2) is 5.43 Å². The zero-order chi connectivity index (χ0) is 16.5. The number of carbonyl (C=O) groups is 2. The molecule has 2 N–H and O–H groups in total. The second-order valence-electron chi connectivity index (χ2n) is 4.25. The van der Waals surface area contributed by atoms with E-state index in [4.69, 9.17) is 5.26 Å². The number of hydrogen-bond acceptors (Lipinski definition) is 6. The van der Waals surface area contributed by atoms with E-state index >= 15 is 0 Å². The second-order valence-corrected chi connectivity index (χ2v) is 4.25. The predicted octanol–water partition coefficient (Wildman–Crippen LogP) is 1.33. The summed E-state index contributed by atoms with van der Waals surface area (Å²) in [7, 11) is 0. The van der Waals surface area contributed by atoms with Crippen molar-refractivity contribution in [2.24, 2.45) is 5.10 Å². The summed E-state index contributed by atoms with van der Waals surface area (Å²) >= 11 is 0. The average molecular weight is 303 g/mol. The summed E-state index contributed by atoms with van der Waals surface area (Å²) in [6.07, 6.45) is -0.424. The fraction of sp³-hybridized carbons (Fsp3) is 0.231. The number of nitro benzene ring substituents is 1. The van der Waals surface area contributed by atoms with Gasteiger partial charge in [0.2, 0.25) is 5.91 Å². The van der Waals surface area contributed by atoms with Crippen LogP contribution in [0.1, 0.15) is 19.8 Å². The predicted molar refractivity (Wildman–Crippen MR) is 77.8 cm³/mol. The highest BCUT2D eigenvalue weighted by Gasteiger charge is 2.09. The van der Waals surface area contributed by atoms with Gasteiger partial charge in [-0.15, -0.1) is 0 Å². The molecule has 114 valence electrons. The smallest absolute Gasteiger partial charge is 0.271 e. The zero-order valence-corrected chi connectivity index (χ0v) is 11.7. The van der Waals surface area contributed by atoms with Crippen LogP contribution < -0.4 is 10.7 Å². The molecule has 1 aromatic rings. The molecule has 22 heavy (non-hydrogen) atoms. The van der Waals surface area contributed by atoms with Crippen molar-refractivity contribution in [1.82, 2.24) is 5.43 Å². The molecule has 0 fully saturated rings. The molecule has 0 aromatic heterocycles. The summed E-state index contributed by atoms with van der Waals surface area (Å²) in [4.78, 5) is 32.8. The molecule has 1 rings (SSSR count). The normalized spacial score (nSPS) is 10.5. The van der Waals surface area contributed by atoms with Crippen LogP contribution in [-0.4, -0.2) is 22.4 Å². The van der Waals surface area contributed by atoms with Crippen molar-refractivity contribution in [2.75, 3.05) is 5.32 Å². The Morgan fingerprint density at radius 1 is 1.41 bits per heavy atom. The first kappa shape index (κ1) is 16.8. The van der Waals surface area contributed by atoms with Gasteiger partial charge >= 0.3 is 0 Å². The third kappa shape index (κ3) is 5.79. The minimum atomic E-state index is -0.569. The maximum absolute atomic E-state index is 11.7. The van der Waals surface area contributed by atoms with Crippen molar-refractivity contribution in [2.45, 2.75) is 19.8 Å². The lowest BCUT2D eigenvalue weighted by atomic mass is 10.2. The molecular weight excluding hydrogens is 290 g/mol. The van der Waals surface area contributed by atoms with E-state index in [-0.39, 0.29) is 18.5 Å². The molecule has 0 atom stereocenters. The highest BCUT2D eigenvalue weighted by atomic mass is 16.6. The molecule has 0 aliphatic carbocycles. The van der Waals surface area contributed by atoms with Gasteiger partial charge in [0.15, 0.2) is 0 Å². The lowest BCUT2D eigenvalue weighted by Crippen LogP contribution is -2.20. The van der Waals surface area contributed by atoms with Gasteiger partial charge in [-0.1, -0.05) is 6.07 Å². The molecule has 0 saturated carbocycles. The van der Waals surface area contributed by atoms with Gasteiger partial charge in [0.1, 0.15) is 6.42 Å². The minimum absolute atomic E-state index is 0.102. The third-order valence-corrected chi connectivity index (χ3v) is 2.37. The number of amides is 2. The van der Waals surface area contributed by atoms with Crippen LogP contribution in [-0.2, 0) is 9.59 Å². The summed E-state index contributed by atoms with van der Waals surface area (Å²) in [5, 5.41) is 25.1. The number of non-ortho nitro benzene ring substituents is 1. The molecule has 0 aliphatic rings. The van der Waals surface area contributed by atoms with Crippen molar-refractivity contribution in [3.63, 3.8) is 0 Å². The number of benzene rings is 1. The molecular formula is C13H13N5O4. The quantitative estimate of drug-likeness (QED) is 0.464. The Bertz CT molecular complexity index is 663. The van der Waals surface area contributed by atoms with E-state index in [1.807, 2.05) is 0 Å². The van der Waals surface area contributed by atoms with Crippen molar-refractivity contribution in [3.8, 4) is 6.07 Å². The van der Waals surface area contributed by atoms with E-state index < -0.39 is 16.7 Å². The lowest BCUT2D eigenvalue weighted by molar-refractivity contribution is -0.384. The van der Waals surface area contributed by atoms with Crippen LogP contribution >= 0.6 is 0 Å². The van der Waals surface area contributed by atoms with Crippen LogP contribution in [0.4, 0.5) is 11.4 Å². The standard InChI is InChI=1S/C13H13N5O4/c1-9(16-17-12(19)5-6-14)7-13(20)15-10-3-2-4-11(8-10)18(21)22/h2-4,8H,5,7H2,1H3,(H,15,20)(H,17,19)/b16-9+. The highest BCUT2D eigenvalue weighted by molar-refractivity contribution is 6.05. The third-order valence-electron chi connectivity index (χ3n) is 2.37. The molecule has 0 aliphatic heterocycles. The van der Waals surface area contributed by atoms with Crippen molar-refractivity contribution >= 4 is 28.9 Å². The molecule has 0 unspecified atom stereocenters. The number of hydrogen-bond donors (Lipinski definition) is 2. The summed E-state index contributed by atoms with van der Waals surface area (Å²) in [5.74, 6) is -1.00. The first-order valence-electron chi connectivity index (χ1n) is 6.15. The van der Waals surface area contributed by atoms with Gasteiger partial charge in [-0.05, 0) is 13.0 Å². The molecule has 0 spiro atoms. The number of nitro groups is 1. The fourth-order valence-corrected chi connectivity index (χ4v) is 1.44. The molecule has 9 nitrogen and oxygen atoms in total. The van der Waals surface area contributed by atoms with Crippen LogP contribution in [0.5, 0.6) is 0 Å². The number of hydrazone groups is 1.